The van der Waals surface area contributed by atoms with Crippen molar-refractivity contribution < 1.29 is 14.6 Å². The number of carbonyl (C=O) groups is 1. The van der Waals surface area contributed by atoms with E-state index in [4.69, 9.17) is 4.74 Å². The van der Waals surface area contributed by atoms with Crippen molar-refractivity contribution in [3.8, 4) is 0 Å². The van der Waals surface area contributed by atoms with E-state index in [-0.39, 0.29) is 18.2 Å². The van der Waals surface area contributed by atoms with Crippen molar-refractivity contribution in [1.29, 1.82) is 0 Å². The van der Waals surface area contributed by atoms with Crippen LogP contribution in [0.5, 0.6) is 0 Å². The molecule has 0 fully saturated rings. The highest BCUT2D eigenvalue weighted by molar-refractivity contribution is 5.69. The van der Waals surface area contributed by atoms with Gasteiger partial charge in [-0.05, 0) is 58.5 Å². The Hall–Kier alpha value is -0.610. The van der Waals surface area contributed by atoms with E-state index in [1.807, 2.05) is 0 Å². The van der Waals surface area contributed by atoms with Gasteiger partial charge in [0.2, 0.25) is 0 Å². The summed E-state index contributed by atoms with van der Waals surface area (Å²) in [6, 6.07) is 0. The Balaban J connectivity index is 3.97. The summed E-state index contributed by atoms with van der Waals surface area (Å²) in [5.41, 5.74) is 0. The number of unbranched alkanes of at least 4 members (excludes halogenated alkanes) is 17. The van der Waals surface area contributed by atoms with E-state index in [1.165, 1.54) is 116 Å². The molecule has 0 saturated heterocycles. The number of hydrogen-bond acceptors (Lipinski definition) is 4. The Bertz CT molecular complexity index is 468. The molecule has 38 heavy (non-hydrogen) atoms. The van der Waals surface area contributed by atoms with Gasteiger partial charge in [0, 0.05) is 13.0 Å². The zero-order valence-corrected chi connectivity index (χ0v) is 26.5. The lowest BCUT2D eigenvalue weighted by atomic mass is 10.0. The molecule has 0 spiro atoms. The highest BCUT2D eigenvalue weighted by Crippen LogP contribution is 2.18. The summed E-state index contributed by atoms with van der Waals surface area (Å²) in [6.45, 7) is 8.59. The van der Waals surface area contributed by atoms with Crippen molar-refractivity contribution in [2.45, 2.75) is 193 Å². The van der Waals surface area contributed by atoms with Gasteiger partial charge in [-0.15, -0.1) is 0 Å². The molecule has 0 rings (SSSR count). The fraction of sp³-hybridized carbons (Fsp3) is 0.971. The van der Waals surface area contributed by atoms with Gasteiger partial charge in [0.05, 0.1) is 6.10 Å². The van der Waals surface area contributed by atoms with Gasteiger partial charge in [-0.2, -0.15) is 0 Å². The van der Waals surface area contributed by atoms with Crippen LogP contribution in [0.1, 0.15) is 181 Å². The van der Waals surface area contributed by atoms with Gasteiger partial charge in [-0.1, -0.05) is 130 Å². The first-order chi connectivity index (χ1) is 18.5. The maximum Gasteiger partial charge on any atom is 0.306 e. The average molecular weight is 540 g/mol. The number of aliphatic hydroxyl groups excluding tert-OH is 1. The maximum absolute atomic E-state index is 12.5. The van der Waals surface area contributed by atoms with Gasteiger partial charge in [0.1, 0.15) is 6.10 Å². The van der Waals surface area contributed by atoms with Gasteiger partial charge in [-0.25, -0.2) is 0 Å². The standard InChI is InChI=1S/C34H69NO3/c1-5-8-11-14-17-22-27-33(28-23-18-15-12-9-6-2)38-34(37)29-24-19-16-20-25-30-35(4)31-32(36)26-21-13-10-7-3/h32-33,36H,5-31H2,1-4H3. The predicted molar refractivity (Wildman–Crippen MR) is 166 cm³/mol. The summed E-state index contributed by atoms with van der Waals surface area (Å²) in [5, 5.41) is 10.2. The summed E-state index contributed by atoms with van der Waals surface area (Å²) in [5.74, 6) is 0.0274. The first-order valence-corrected chi connectivity index (χ1v) is 17.1. The topological polar surface area (TPSA) is 49.8 Å². The highest BCUT2D eigenvalue weighted by Gasteiger charge is 2.14. The molecule has 0 aliphatic heterocycles. The second kappa shape index (κ2) is 29.4. The largest absolute Gasteiger partial charge is 0.462 e. The molecule has 4 heteroatoms. The van der Waals surface area contributed by atoms with Gasteiger partial charge < -0.3 is 14.7 Å². The van der Waals surface area contributed by atoms with Crippen molar-refractivity contribution in [2.24, 2.45) is 0 Å². The Morgan fingerprint density at radius 2 is 1.03 bits per heavy atom. The molecule has 0 bridgehead atoms. The molecule has 0 radical (unpaired) electrons. The Morgan fingerprint density at radius 3 is 1.58 bits per heavy atom. The number of likely N-dealkylation sites (N-methyl/N-ethyl adjacent to an activating group) is 1. The Labute approximate surface area is 239 Å². The molecule has 1 unspecified atom stereocenters. The number of aliphatic hydroxyl groups is 1. The maximum atomic E-state index is 12.5. The first-order valence-electron chi connectivity index (χ1n) is 17.1. The van der Waals surface area contributed by atoms with E-state index >= 15 is 0 Å². The molecule has 0 aliphatic rings. The van der Waals surface area contributed by atoms with Crippen LogP contribution in [0, 0.1) is 0 Å². The van der Waals surface area contributed by atoms with Crippen LogP contribution in [-0.2, 0) is 9.53 Å². The minimum Gasteiger partial charge on any atom is -0.462 e. The second-order valence-corrected chi connectivity index (χ2v) is 12.0. The number of nitrogens with zero attached hydrogens (tertiary/aromatic N) is 1. The number of hydrogen-bond donors (Lipinski definition) is 1. The van der Waals surface area contributed by atoms with E-state index < -0.39 is 0 Å². The lowest BCUT2D eigenvalue weighted by molar-refractivity contribution is -0.150. The van der Waals surface area contributed by atoms with Crippen molar-refractivity contribution in [3.63, 3.8) is 0 Å². The Kier molecular flexibility index (Phi) is 28.9. The van der Waals surface area contributed by atoms with Crippen molar-refractivity contribution >= 4 is 5.97 Å². The van der Waals surface area contributed by atoms with Crippen LogP contribution in [0.4, 0.5) is 0 Å². The molecule has 1 N–H and O–H groups in total. The molecule has 0 aromatic carbocycles. The third-order valence-corrected chi connectivity index (χ3v) is 7.89. The summed E-state index contributed by atoms with van der Waals surface area (Å²) < 4.78 is 5.97. The van der Waals surface area contributed by atoms with E-state index in [0.29, 0.717) is 6.42 Å². The number of carbonyl (C=O) groups excluding carboxylic acids is 1. The summed E-state index contributed by atoms with van der Waals surface area (Å²) in [4.78, 5) is 14.8. The van der Waals surface area contributed by atoms with Crippen molar-refractivity contribution in [3.05, 3.63) is 0 Å². The quantitative estimate of drug-likeness (QED) is 0.0728. The molecule has 0 aliphatic carbocycles. The smallest absolute Gasteiger partial charge is 0.306 e. The van der Waals surface area contributed by atoms with Crippen molar-refractivity contribution in [1.82, 2.24) is 4.90 Å². The summed E-state index contributed by atoms with van der Waals surface area (Å²) in [7, 11) is 2.12. The zero-order valence-electron chi connectivity index (χ0n) is 26.5. The third-order valence-electron chi connectivity index (χ3n) is 7.89. The van der Waals surface area contributed by atoms with Crippen LogP contribution < -0.4 is 0 Å². The van der Waals surface area contributed by atoms with Crippen molar-refractivity contribution in [2.75, 3.05) is 20.1 Å². The number of esters is 1. The molecule has 228 valence electrons. The van der Waals surface area contributed by atoms with E-state index in [1.54, 1.807) is 0 Å². The van der Waals surface area contributed by atoms with Gasteiger partial charge >= 0.3 is 5.97 Å². The average Bonchev–Trinajstić information content (AvgIpc) is 2.89. The molecule has 0 heterocycles. The lowest BCUT2D eigenvalue weighted by Crippen LogP contribution is -2.29. The highest BCUT2D eigenvalue weighted by atomic mass is 16.5. The van der Waals surface area contributed by atoms with Crippen LogP contribution in [-0.4, -0.2) is 48.3 Å². The molecule has 0 saturated carbocycles. The minimum absolute atomic E-state index is 0.0274. The van der Waals surface area contributed by atoms with Crippen LogP contribution in [0.2, 0.25) is 0 Å². The van der Waals surface area contributed by atoms with E-state index in [2.05, 4.69) is 32.7 Å². The van der Waals surface area contributed by atoms with E-state index in [9.17, 15) is 9.90 Å². The lowest BCUT2D eigenvalue weighted by Gasteiger charge is -2.20. The fourth-order valence-electron chi connectivity index (χ4n) is 5.34. The van der Waals surface area contributed by atoms with Crippen LogP contribution >= 0.6 is 0 Å². The first kappa shape index (κ1) is 37.4. The molecular formula is C34H69NO3. The normalized spacial score (nSPS) is 12.5. The summed E-state index contributed by atoms with van der Waals surface area (Å²) in [6.07, 6.45) is 29.6. The van der Waals surface area contributed by atoms with Gasteiger partial charge in [-0.3, -0.25) is 4.79 Å². The van der Waals surface area contributed by atoms with Gasteiger partial charge in [0.25, 0.3) is 0 Å². The molecular weight excluding hydrogens is 470 g/mol. The predicted octanol–water partition coefficient (Wildman–Crippen LogP) is 10.0. The zero-order chi connectivity index (χ0) is 28.1. The summed E-state index contributed by atoms with van der Waals surface area (Å²) >= 11 is 0. The second-order valence-electron chi connectivity index (χ2n) is 12.0. The van der Waals surface area contributed by atoms with Crippen LogP contribution in [0.15, 0.2) is 0 Å². The van der Waals surface area contributed by atoms with E-state index in [0.717, 1.165) is 51.6 Å². The minimum atomic E-state index is -0.186. The third kappa shape index (κ3) is 27.0. The molecule has 4 nitrogen and oxygen atoms in total. The monoisotopic (exact) mass is 540 g/mol. The SMILES string of the molecule is CCCCCCCCC(CCCCCCCC)OC(=O)CCCCCCCN(C)CC(O)CCCCCC. The molecule has 0 aromatic rings. The molecule has 0 amide bonds. The van der Waals surface area contributed by atoms with Gasteiger partial charge in [0.15, 0.2) is 0 Å². The number of ether oxygens (including phenoxy) is 1. The Morgan fingerprint density at radius 1 is 0.605 bits per heavy atom. The molecule has 1 atom stereocenters. The number of rotatable bonds is 30. The molecule has 0 aromatic heterocycles. The van der Waals surface area contributed by atoms with Crippen LogP contribution in [0.3, 0.4) is 0 Å². The van der Waals surface area contributed by atoms with Crippen LogP contribution in [0.25, 0.3) is 0 Å². The fourth-order valence-corrected chi connectivity index (χ4v) is 5.34.